The summed E-state index contributed by atoms with van der Waals surface area (Å²) in [5.41, 5.74) is 2.15. The van der Waals surface area contributed by atoms with Gasteiger partial charge in [0.25, 0.3) is 5.91 Å². The summed E-state index contributed by atoms with van der Waals surface area (Å²) in [6, 6.07) is 13.0. The number of benzene rings is 2. The van der Waals surface area contributed by atoms with Gasteiger partial charge in [0.15, 0.2) is 0 Å². The number of carbonyl (C=O) groups excluding carboxylic acids is 2. The summed E-state index contributed by atoms with van der Waals surface area (Å²) < 4.78 is 10.8. The first kappa shape index (κ1) is 19.3. The van der Waals surface area contributed by atoms with E-state index < -0.39 is 0 Å². The monoisotopic (exact) mass is 394 g/mol. The average molecular weight is 394 g/mol. The molecule has 2 aromatic carbocycles. The van der Waals surface area contributed by atoms with E-state index in [1.807, 2.05) is 35.2 Å². The largest absolute Gasteiger partial charge is 0.497 e. The van der Waals surface area contributed by atoms with Gasteiger partial charge in [-0.2, -0.15) is 0 Å². The van der Waals surface area contributed by atoms with Crippen LogP contribution >= 0.6 is 0 Å². The molecular weight excluding hydrogens is 368 g/mol. The molecule has 0 spiro atoms. The molecule has 2 aliphatic carbocycles. The maximum atomic E-state index is 13.3. The molecule has 2 fully saturated rings. The molecule has 2 aliphatic rings. The average Bonchev–Trinajstić information content (AvgIpc) is 3.64. The summed E-state index contributed by atoms with van der Waals surface area (Å²) in [6.45, 7) is 0.447. The molecule has 4 rings (SSSR count). The third kappa shape index (κ3) is 4.53. The molecule has 0 aliphatic heterocycles. The second-order valence-electron chi connectivity index (χ2n) is 7.69. The highest BCUT2D eigenvalue weighted by molar-refractivity contribution is 5.98. The van der Waals surface area contributed by atoms with E-state index in [0.717, 1.165) is 42.7 Å². The Kier molecular flexibility index (Phi) is 5.43. The van der Waals surface area contributed by atoms with Gasteiger partial charge >= 0.3 is 0 Å². The van der Waals surface area contributed by atoms with E-state index >= 15 is 0 Å². The van der Waals surface area contributed by atoms with Crippen LogP contribution in [0.3, 0.4) is 0 Å². The first-order valence-corrected chi connectivity index (χ1v) is 10.0. The molecule has 1 N–H and O–H groups in total. The van der Waals surface area contributed by atoms with Gasteiger partial charge in [-0.05, 0) is 62.1 Å². The Balaban J connectivity index is 1.55. The summed E-state index contributed by atoms with van der Waals surface area (Å²) in [6.07, 6.45) is 3.89. The Hall–Kier alpha value is -3.02. The summed E-state index contributed by atoms with van der Waals surface area (Å²) in [5.74, 6) is 1.58. The molecular formula is C23H26N2O4. The molecule has 0 aromatic heterocycles. The second-order valence-corrected chi connectivity index (χ2v) is 7.69. The maximum Gasteiger partial charge on any atom is 0.254 e. The topological polar surface area (TPSA) is 67.9 Å². The van der Waals surface area contributed by atoms with Crippen LogP contribution in [0.1, 0.15) is 41.6 Å². The standard InChI is InChI=1S/C23H26N2O4/c1-28-20-10-11-21(29-2)17(13-20)14-25(19-8-9-19)23(27)16-4-3-5-18(12-16)24-22(26)15-6-7-15/h3-5,10-13,15,19H,6-9,14H2,1-2H3,(H,24,26). The quantitative estimate of drug-likeness (QED) is 0.738. The fourth-order valence-electron chi connectivity index (χ4n) is 3.43. The number of methoxy groups -OCH3 is 2. The van der Waals surface area contributed by atoms with Crippen molar-refractivity contribution in [3.8, 4) is 11.5 Å². The molecule has 0 saturated heterocycles. The van der Waals surface area contributed by atoms with Crippen LogP contribution in [0.5, 0.6) is 11.5 Å². The zero-order chi connectivity index (χ0) is 20.4. The first-order chi connectivity index (χ1) is 14.1. The van der Waals surface area contributed by atoms with E-state index in [2.05, 4.69) is 5.32 Å². The first-order valence-electron chi connectivity index (χ1n) is 10.0. The third-order valence-electron chi connectivity index (χ3n) is 5.40. The van der Waals surface area contributed by atoms with Crippen LogP contribution in [0.2, 0.25) is 0 Å². The Morgan fingerprint density at radius 3 is 2.48 bits per heavy atom. The maximum absolute atomic E-state index is 13.3. The molecule has 152 valence electrons. The number of nitrogens with one attached hydrogen (secondary N) is 1. The molecule has 6 nitrogen and oxygen atoms in total. The zero-order valence-electron chi connectivity index (χ0n) is 16.8. The third-order valence-corrected chi connectivity index (χ3v) is 5.40. The van der Waals surface area contributed by atoms with Gasteiger partial charge < -0.3 is 19.7 Å². The predicted molar refractivity (Wildman–Crippen MR) is 110 cm³/mol. The zero-order valence-corrected chi connectivity index (χ0v) is 16.8. The minimum absolute atomic E-state index is 0.0368. The molecule has 0 heterocycles. The van der Waals surface area contributed by atoms with Gasteiger partial charge in [0, 0.05) is 28.8 Å². The fraction of sp³-hybridized carbons (Fsp3) is 0.391. The number of rotatable bonds is 8. The van der Waals surface area contributed by atoms with E-state index in [9.17, 15) is 9.59 Å². The summed E-state index contributed by atoms with van der Waals surface area (Å²) in [7, 11) is 3.25. The molecule has 0 atom stereocenters. The van der Waals surface area contributed by atoms with Crippen LogP contribution < -0.4 is 14.8 Å². The van der Waals surface area contributed by atoms with Crippen LogP contribution in [-0.2, 0) is 11.3 Å². The van der Waals surface area contributed by atoms with Crippen molar-refractivity contribution in [1.29, 1.82) is 0 Å². The van der Waals surface area contributed by atoms with Crippen LogP contribution in [-0.4, -0.2) is 37.0 Å². The number of hydrogen-bond acceptors (Lipinski definition) is 4. The van der Waals surface area contributed by atoms with Crippen molar-refractivity contribution in [3.05, 3.63) is 53.6 Å². The number of anilines is 1. The lowest BCUT2D eigenvalue weighted by molar-refractivity contribution is -0.117. The summed E-state index contributed by atoms with van der Waals surface area (Å²) >= 11 is 0. The number of amides is 2. The Morgan fingerprint density at radius 2 is 1.83 bits per heavy atom. The van der Waals surface area contributed by atoms with Crippen molar-refractivity contribution in [3.63, 3.8) is 0 Å². The van der Waals surface area contributed by atoms with Crippen LogP contribution in [0.25, 0.3) is 0 Å². The normalized spacial score (nSPS) is 15.5. The number of ether oxygens (including phenoxy) is 2. The molecule has 0 bridgehead atoms. The SMILES string of the molecule is COc1ccc(OC)c(CN(C(=O)c2cccc(NC(=O)C3CC3)c2)C2CC2)c1. The summed E-state index contributed by atoms with van der Waals surface area (Å²) in [5, 5.41) is 2.92. The lowest BCUT2D eigenvalue weighted by atomic mass is 10.1. The lowest BCUT2D eigenvalue weighted by Crippen LogP contribution is -2.32. The van der Waals surface area contributed by atoms with Crippen LogP contribution in [0.4, 0.5) is 5.69 Å². The van der Waals surface area contributed by atoms with Gasteiger partial charge in [-0.25, -0.2) is 0 Å². The van der Waals surface area contributed by atoms with E-state index in [0.29, 0.717) is 17.8 Å². The fourth-order valence-corrected chi connectivity index (χ4v) is 3.43. The van der Waals surface area contributed by atoms with E-state index in [-0.39, 0.29) is 23.8 Å². The molecule has 2 amide bonds. The van der Waals surface area contributed by atoms with Gasteiger partial charge in [0.1, 0.15) is 11.5 Å². The van der Waals surface area contributed by atoms with E-state index in [1.165, 1.54) is 0 Å². The predicted octanol–water partition coefficient (Wildman–Crippen LogP) is 3.86. The van der Waals surface area contributed by atoms with Crippen molar-refractivity contribution in [2.45, 2.75) is 38.3 Å². The Labute approximate surface area is 170 Å². The van der Waals surface area contributed by atoms with Crippen molar-refractivity contribution < 1.29 is 19.1 Å². The van der Waals surface area contributed by atoms with Gasteiger partial charge in [0.05, 0.1) is 20.8 Å². The molecule has 2 aromatic rings. The minimum atomic E-state index is -0.0418. The van der Waals surface area contributed by atoms with Crippen molar-refractivity contribution in [2.75, 3.05) is 19.5 Å². The number of hydrogen-bond donors (Lipinski definition) is 1. The van der Waals surface area contributed by atoms with E-state index in [1.54, 1.807) is 26.4 Å². The van der Waals surface area contributed by atoms with Gasteiger partial charge in [-0.15, -0.1) is 0 Å². The molecule has 29 heavy (non-hydrogen) atoms. The van der Waals surface area contributed by atoms with E-state index in [4.69, 9.17) is 9.47 Å². The highest BCUT2D eigenvalue weighted by atomic mass is 16.5. The molecule has 2 saturated carbocycles. The molecule has 0 unspecified atom stereocenters. The van der Waals surface area contributed by atoms with Crippen LogP contribution in [0.15, 0.2) is 42.5 Å². The number of nitrogens with zero attached hydrogens (tertiary/aromatic N) is 1. The van der Waals surface area contributed by atoms with Crippen LogP contribution in [0, 0.1) is 5.92 Å². The second kappa shape index (κ2) is 8.15. The van der Waals surface area contributed by atoms with Gasteiger partial charge in [-0.3, -0.25) is 9.59 Å². The Morgan fingerprint density at radius 1 is 1.03 bits per heavy atom. The van der Waals surface area contributed by atoms with Gasteiger partial charge in [0.2, 0.25) is 5.91 Å². The highest BCUT2D eigenvalue weighted by Crippen LogP contribution is 2.34. The molecule has 0 radical (unpaired) electrons. The smallest absolute Gasteiger partial charge is 0.254 e. The highest BCUT2D eigenvalue weighted by Gasteiger charge is 2.34. The lowest BCUT2D eigenvalue weighted by Gasteiger charge is -2.24. The number of carbonyl (C=O) groups is 2. The van der Waals surface area contributed by atoms with Crippen molar-refractivity contribution in [1.82, 2.24) is 4.90 Å². The van der Waals surface area contributed by atoms with Gasteiger partial charge in [-0.1, -0.05) is 6.07 Å². The Bertz CT molecular complexity index is 919. The summed E-state index contributed by atoms with van der Waals surface area (Å²) in [4.78, 5) is 27.2. The van der Waals surface area contributed by atoms with Crippen molar-refractivity contribution >= 4 is 17.5 Å². The molecule has 6 heteroatoms. The van der Waals surface area contributed by atoms with Crippen molar-refractivity contribution in [2.24, 2.45) is 5.92 Å². The minimum Gasteiger partial charge on any atom is -0.497 e.